The van der Waals surface area contributed by atoms with Crippen LogP contribution in [0.3, 0.4) is 0 Å². The Hall–Kier alpha value is -2.07. The fourth-order valence-corrected chi connectivity index (χ4v) is 1.19. The second-order valence-electron chi connectivity index (χ2n) is 3.01. The standard InChI is InChI=1S/C11H11N3O/c12-14-9-1-3-10(4-2-9)15-11-5-7-13-8-6-11/h1-8,14H,12H2/p+1. The normalized spacial score (nSPS) is 9.67. The molecule has 76 valence electrons. The van der Waals surface area contributed by atoms with E-state index >= 15 is 0 Å². The summed E-state index contributed by atoms with van der Waals surface area (Å²) in [4.78, 5) is 2.93. The molecule has 0 fully saturated rings. The number of benzene rings is 1. The maximum absolute atomic E-state index is 5.59. The van der Waals surface area contributed by atoms with Gasteiger partial charge in [0.2, 0.25) is 0 Å². The van der Waals surface area contributed by atoms with Gasteiger partial charge in [-0.15, -0.1) is 0 Å². The number of hydrazine groups is 1. The van der Waals surface area contributed by atoms with Crippen molar-refractivity contribution in [2.45, 2.75) is 0 Å². The number of nitrogens with two attached hydrogens (primary N) is 1. The van der Waals surface area contributed by atoms with Crippen molar-refractivity contribution in [1.29, 1.82) is 0 Å². The molecule has 15 heavy (non-hydrogen) atoms. The van der Waals surface area contributed by atoms with Crippen molar-refractivity contribution in [3.05, 3.63) is 48.8 Å². The van der Waals surface area contributed by atoms with Crippen molar-refractivity contribution in [3.63, 3.8) is 0 Å². The van der Waals surface area contributed by atoms with E-state index in [2.05, 4.69) is 10.4 Å². The molecule has 0 amide bonds. The van der Waals surface area contributed by atoms with Crippen LogP contribution in [0.2, 0.25) is 0 Å². The number of hydrogen-bond acceptors (Lipinski definition) is 3. The van der Waals surface area contributed by atoms with Gasteiger partial charge in [-0.1, -0.05) is 0 Å². The summed E-state index contributed by atoms with van der Waals surface area (Å²) in [7, 11) is 0. The highest BCUT2D eigenvalue weighted by atomic mass is 16.5. The lowest BCUT2D eigenvalue weighted by atomic mass is 10.3. The van der Waals surface area contributed by atoms with E-state index in [0.29, 0.717) is 0 Å². The largest absolute Gasteiger partial charge is 0.457 e. The fourth-order valence-electron chi connectivity index (χ4n) is 1.19. The molecule has 0 saturated carbocycles. The summed E-state index contributed by atoms with van der Waals surface area (Å²) in [6, 6.07) is 11.1. The minimum absolute atomic E-state index is 0.778. The molecule has 1 heterocycles. The van der Waals surface area contributed by atoms with Crippen LogP contribution >= 0.6 is 0 Å². The molecule has 2 rings (SSSR count). The van der Waals surface area contributed by atoms with Gasteiger partial charge in [-0.2, -0.15) is 0 Å². The molecule has 1 aromatic heterocycles. The summed E-state index contributed by atoms with van der Waals surface area (Å²) in [6.45, 7) is 0. The summed E-state index contributed by atoms with van der Waals surface area (Å²) in [5.74, 6) is 6.83. The van der Waals surface area contributed by atoms with Gasteiger partial charge in [-0.25, -0.2) is 4.98 Å². The van der Waals surface area contributed by atoms with E-state index in [1.54, 1.807) is 0 Å². The number of aromatic nitrogens is 1. The first kappa shape index (κ1) is 9.48. The van der Waals surface area contributed by atoms with Gasteiger partial charge >= 0.3 is 0 Å². The number of pyridine rings is 1. The van der Waals surface area contributed by atoms with Crippen LogP contribution in [0.15, 0.2) is 48.8 Å². The maximum atomic E-state index is 5.59. The minimum Gasteiger partial charge on any atom is -0.457 e. The van der Waals surface area contributed by atoms with Crippen LogP contribution in [-0.4, -0.2) is 0 Å². The average Bonchev–Trinajstić information content (AvgIpc) is 2.31. The topological polar surface area (TPSA) is 61.4 Å². The number of H-pyrrole nitrogens is 1. The number of rotatable bonds is 3. The number of hydrogen-bond donors (Lipinski definition) is 2. The lowest BCUT2D eigenvalue weighted by molar-refractivity contribution is -0.378. The molecule has 0 saturated heterocycles. The number of nitrogens with one attached hydrogen (secondary N) is 2. The van der Waals surface area contributed by atoms with Crippen molar-refractivity contribution in [3.8, 4) is 11.5 Å². The third-order valence-electron chi connectivity index (χ3n) is 1.94. The first-order valence-corrected chi connectivity index (χ1v) is 4.59. The van der Waals surface area contributed by atoms with Crippen molar-refractivity contribution < 1.29 is 9.72 Å². The summed E-state index contributed by atoms with van der Waals surface area (Å²) < 4.78 is 5.59. The zero-order chi connectivity index (χ0) is 10.5. The molecule has 4 N–H and O–H groups in total. The Kier molecular flexibility index (Phi) is 2.80. The summed E-state index contributed by atoms with van der Waals surface area (Å²) in [6.07, 6.45) is 3.62. The quantitative estimate of drug-likeness (QED) is 0.586. The zero-order valence-electron chi connectivity index (χ0n) is 8.10. The summed E-state index contributed by atoms with van der Waals surface area (Å²) in [5.41, 5.74) is 3.41. The average molecular weight is 202 g/mol. The molecular formula is C11H12N3O+. The van der Waals surface area contributed by atoms with E-state index in [-0.39, 0.29) is 0 Å². The Labute approximate surface area is 87.7 Å². The van der Waals surface area contributed by atoms with E-state index in [0.717, 1.165) is 17.2 Å². The minimum atomic E-state index is 0.778. The van der Waals surface area contributed by atoms with Gasteiger partial charge < -0.3 is 10.2 Å². The van der Waals surface area contributed by atoms with Gasteiger partial charge in [0.1, 0.15) is 11.5 Å². The van der Waals surface area contributed by atoms with Crippen LogP contribution in [0.5, 0.6) is 11.5 Å². The van der Waals surface area contributed by atoms with Crippen molar-refractivity contribution in [1.82, 2.24) is 0 Å². The van der Waals surface area contributed by atoms with E-state index in [1.165, 1.54) is 0 Å². The molecule has 0 spiro atoms. The summed E-state index contributed by atoms with van der Waals surface area (Å²) in [5, 5.41) is 0. The summed E-state index contributed by atoms with van der Waals surface area (Å²) >= 11 is 0. The number of nitrogen functional groups attached to an aromatic ring is 1. The Balaban J connectivity index is 2.11. The zero-order valence-corrected chi connectivity index (χ0v) is 8.10. The van der Waals surface area contributed by atoms with Gasteiger partial charge in [0.25, 0.3) is 0 Å². The molecule has 2 aromatic rings. The fraction of sp³-hybridized carbons (Fsp3) is 0. The van der Waals surface area contributed by atoms with Crippen molar-refractivity contribution in [2.75, 3.05) is 5.43 Å². The first-order chi connectivity index (χ1) is 7.38. The van der Waals surface area contributed by atoms with E-state index in [1.807, 2.05) is 48.8 Å². The molecule has 0 atom stereocenters. The van der Waals surface area contributed by atoms with Crippen molar-refractivity contribution in [2.24, 2.45) is 5.84 Å². The number of aromatic amines is 1. The first-order valence-electron chi connectivity index (χ1n) is 4.59. The van der Waals surface area contributed by atoms with Crippen LogP contribution in [0.25, 0.3) is 0 Å². The molecule has 4 nitrogen and oxygen atoms in total. The van der Waals surface area contributed by atoms with E-state index in [4.69, 9.17) is 10.6 Å². The van der Waals surface area contributed by atoms with E-state index < -0.39 is 0 Å². The Morgan fingerprint density at radius 3 is 2.13 bits per heavy atom. The molecular weight excluding hydrogens is 190 g/mol. The molecule has 0 aliphatic rings. The Morgan fingerprint density at radius 2 is 1.53 bits per heavy atom. The highest BCUT2D eigenvalue weighted by Gasteiger charge is 1.97. The molecule has 0 unspecified atom stereocenters. The SMILES string of the molecule is NNc1ccc(Oc2cc[nH+]cc2)cc1. The van der Waals surface area contributed by atoms with Gasteiger partial charge in [0, 0.05) is 17.8 Å². The third kappa shape index (κ3) is 2.45. The predicted molar refractivity (Wildman–Crippen MR) is 57.3 cm³/mol. The molecule has 1 aromatic carbocycles. The second kappa shape index (κ2) is 4.43. The van der Waals surface area contributed by atoms with Crippen LogP contribution in [0.1, 0.15) is 0 Å². The van der Waals surface area contributed by atoms with Crippen molar-refractivity contribution >= 4 is 5.69 Å². The number of ether oxygens (including phenoxy) is 1. The van der Waals surface area contributed by atoms with Gasteiger partial charge in [-0.3, -0.25) is 5.84 Å². The van der Waals surface area contributed by atoms with Crippen LogP contribution < -0.4 is 21.0 Å². The predicted octanol–water partition coefficient (Wildman–Crippen LogP) is 1.58. The second-order valence-corrected chi connectivity index (χ2v) is 3.01. The van der Waals surface area contributed by atoms with E-state index in [9.17, 15) is 0 Å². The monoisotopic (exact) mass is 202 g/mol. The molecule has 4 heteroatoms. The Bertz CT molecular complexity index is 414. The van der Waals surface area contributed by atoms with Gasteiger partial charge in [-0.05, 0) is 24.3 Å². The molecule has 0 aliphatic carbocycles. The molecule has 0 aliphatic heterocycles. The smallest absolute Gasteiger partial charge is 0.170 e. The Morgan fingerprint density at radius 1 is 0.933 bits per heavy atom. The third-order valence-corrected chi connectivity index (χ3v) is 1.94. The number of anilines is 1. The van der Waals surface area contributed by atoms with Crippen LogP contribution in [0.4, 0.5) is 5.69 Å². The lowest BCUT2D eigenvalue weighted by Crippen LogP contribution is -2.05. The van der Waals surface area contributed by atoms with Gasteiger partial charge in [0.05, 0.1) is 0 Å². The van der Waals surface area contributed by atoms with Gasteiger partial charge in [0.15, 0.2) is 12.4 Å². The van der Waals surface area contributed by atoms with Crippen LogP contribution in [0, 0.1) is 0 Å². The molecule has 0 bridgehead atoms. The highest BCUT2D eigenvalue weighted by molar-refractivity contribution is 5.45. The highest BCUT2D eigenvalue weighted by Crippen LogP contribution is 2.21. The molecule has 0 radical (unpaired) electrons. The maximum Gasteiger partial charge on any atom is 0.170 e. The van der Waals surface area contributed by atoms with Crippen LogP contribution in [-0.2, 0) is 0 Å². The lowest BCUT2D eigenvalue weighted by Gasteiger charge is -2.05.